The second kappa shape index (κ2) is 6.07. The van der Waals surface area contributed by atoms with Crippen LogP contribution in [-0.4, -0.2) is 43.1 Å². The van der Waals surface area contributed by atoms with Crippen LogP contribution in [-0.2, 0) is 0 Å². The van der Waals surface area contributed by atoms with E-state index in [2.05, 4.69) is 30.0 Å². The van der Waals surface area contributed by atoms with Gasteiger partial charge in [-0.25, -0.2) is 0 Å². The van der Waals surface area contributed by atoms with Crippen molar-refractivity contribution in [3.63, 3.8) is 0 Å². The number of likely N-dealkylation sites (N-methyl/N-ethyl adjacent to an activating group) is 1. The molecule has 1 aromatic rings. The monoisotopic (exact) mass is 297 g/mol. The number of hydrogen-bond acceptors (Lipinski definition) is 3. The third kappa shape index (κ3) is 3.38. The number of rotatable bonds is 3. The quantitative estimate of drug-likeness (QED) is 0.869. The fourth-order valence-corrected chi connectivity index (χ4v) is 3.02. The highest BCUT2D eigenvalue weighted by Crippen LogP contribution is 2.26. The van der Waals surface area contributed by atoms with Crippen molar-refractivity contribution in [2.75, 3.05) is 32.1 Å². The van der Waals surface area contributed by atoms with Crippen LogP contribution in [0.4, 0.5) is 5.69 Å². The van der Waals surface area contributed by atoms with E-state index < -0.39 is 0 Å². The maximum atomic E-state index is 6.24. The molecule has 0 spiro atoms. The lowest BCUT2D eigenvalue weighted by molar-refractivity contribution is 0.258. The van der Waals surface area contributed by atoms with Crippen molar-refractivity contribution in [2.45, 2.75) is 18.9 Å². The molecule has 1 saturated heterocycles. The molecule has 0 radical (unpaired) electrons. The lowest BCUT2D eigenvalue weighted by Gasteiger charge is -2.37. The van der Waals surface area contributed by atoms with Gasteiger partial charge in [0.25, 0.3) is 0 Å². The van der Waals surface area contributed by atoms with E-state index in [9.17, 15) is 0 Å². The molecule has 1 aliphatic rings. The first-order valence-corrected chi connectivity index (χ1v) is 7.28. The summed E-state index contributed by atoms with van der Waals surface area (Å²) in [5, 5.41) is 0.636. The Labute approximate surface area is 125 Å². The topological polar surface area (TPSA) is 32.5 Å². The molecule has 0 aromatic heterocycles. The molecular formula is C14H20ClN3S. The summed E-state index contributed by atoms with van der Waals surface area (Å²) in [7, 11) is 4.27. The van der Waals surface area contributed by atoms with Crippen LogP contribution in [0.25, 0.3) is 0 Å². The number of benzene rings is 1. The van der Waals surface area contributed by atoms with Crippen molar-refractivity contribution in [3.8, 4) is 0 Å². The predicted octanol–water partition coefficient (Wildman–Crippen LogP) is 2.50. The van der Waals surface area contributed by atoms with E-state index in [0.29, 0.717) is 16.1 Å². The highest BCUT2D eigenvalue weighted by atomic mass is 35.5. The molecule has 104 valence electrons. The molecule has 0 aliphatic carbocycles. The molecule has 1 aromatic carbocycles. The number of nitrogens with zero attached hydrogens (tertiary/aromatic N) is 2. The minimum Gasteiger partial charge on any atom is -0.389 e. The Balaban J connectivity index is 2.18. The van der Waals surface area contributed by atoms with Gasteiger partial charge in [0.2, 0.25) is 0 Å². The van der Waals surface area contributed by atoms with Crippen molar-refractivity contribution < 1.29 is 0 Å². The zero-order valence-electron chi connectivity index (χ0n) is 11.4. The molecule has 0 bridgehead atoms. The molecule has 1 unspecified atom stereocenters. The zero-order chi connectivity index (χ0) is 14.0. The van der Waals surface area contributed by atoms with Crippen LogP contribution in [0.3, 0.4) is 0 Å². The summed E-state index contributed by atoms with van der Waals surface area (Å²) in [6, 6.07) is 6.54. The predicted molar refractivity (Wildman–Crippen MR) is 86.3 cm³/mol. The summed E-state index contributed by atoms with van der Waals surface area (Å²) in [4.78, 5) is 5.02. The van der Waals surface area contributed by atoms with Crippen LogP contribution < -0.4 is 10.6 Å². The standard InChI is InChI=1S/C14H20ClN3S/c1-17(2)11-4-3-7-18(9-11)10-5-6-12(14(16)19)13(15)8-10/h5-6,8,11H,3-4,7,9H2,1-2H3,(H2,16,19). The van der Waals surface area contributed by atoms with E-state index in [1.165, 1.54) is 12.8 Å². The molecule has 1 fully saturated rings. The second-order valence-corrected chi connectivity index (χ2v) is 6.08. The second-order valence-electron chi connectivity index (χ2n) is 5.23. The lowest BCUT2D eigenvalue weighted by atomic mass is 10.0. The van der Waals surface area contributed by atoms with Crippen LogP contribution >= 0.6 is 23.8 Å². The minimum absolute atomic E-state index is 0.348. The lowest BCUT2D eigenvalue weighted by Crippen LogP contribution is -2.45. The van der Waals surface area contributed by atoms with E-state index >= 15 is 0 Å². The van der Waals surface area contributed by atoms with E-state index in [0.717, 1.165) is 24.3 Å². The fourth-order valence-electron chi connectivity index (χ4n) is 2.51. The SMILES string of the molecule is CN(C)C1CCCN(c2ccc(C(N)=S)c(Cl)c2)C1. The van der Waals surface area contributed by atoms with Gasteiger partial charge in [-0.05, 0) is 45.1 Å². The van der Waals surface area contributed by atoms with Gasteiger partial charge in [0, 0.05) is 30.4 Å². The first kappa shape index (κ1) is 14.6. The highest BCUT2D eigenvalue weighted by Gasteiger charge is 2.22. The average Bonchev–Trinajstić information content (AvgIpc) is 2.38. The van der Waals surface area contributed by atoms with Crippen LogP contribution in [0.5, 0.6) is 0 Å². The molecule has 0 amide bonds. The summed E-state index contributed by atoms with van der Waals surface area (Å²) in [6.07, 6.45) is 2.46. The zero-order valence-corrected chi connectivity index (χ0v) is 13.0. The molecular weight excluding hydrogens is 278 g/mol. The molecule has 19 heavy (non-hydrogen) atoms. The van der Waals surface area contributed by atoms with Crippen molar-refractivity contribution in [2.24, 2.45) is 5.73 Å². The molecule has 1 atom stereocenters. The molecule has 0 saturated carbocycles. The van der Waals surface area contributed by atoms with Gasteiger partial charge < -0.3 is 15.5 Å². The van der Waals surface area contributed by atoms with Crippen LogP contribution in [0, 0.1) is 0 Å². The summed E-state index contributed by atoms with van der Waals surface area (Å²) in [5.74, 6) is 0. The maximum Gasteiger partial charge on any atom is 0.105 e. The Bertz CT molecular complexity index is 476. The van der Waals surface area contributed by atoms with E-state index in [1.807, 2.05) is 12.1 Å². The summed E-state index contributed by atoms with van der Waals surface area (Å²) in [6.45, 7) is 2.11. The van der Waals surface area contributed by atoms with Gasteiger partial charge in [0.15, 0.2) is 0 Å². The third-order valence-corrected chi connectivity index (χ3v) is 4.24. The number of piperidine rings is 1. The molecule has 3 nitrogen and oxygen atoms in total. The number of anilines is 1. The van der Waals surface area contributed by atoms with E-state index in [-0.39, 0.29) is 0 Å². The maximum absolute atomic E-state index is 6.24. The Hall–Kier alpha value is -0.840. The number of nitrogens with two attached hydrogens (primary N) is 1. The third-order valence-electron chi connectivity index (χ3n) is 3.71. The van der Waals surface area contributed by atoms with Gasteiger partial charge >= 0.3 is 0 Å². The summed E-state index contributed by atoms with van der Waals surface area (Å²) in [5.41, 5.74) is 7.53. The van der Waals surface area contributed by atoms with Crippen molar-refractivity contribution in [1.82, 2.24) is 4.90 Å². The number of halogens is 1. The van der Waals surface area contributed by atoms with Crippen LogP contribution in [0.2, 0.25) is 5.02 Å². The Morgan fingerprint density at radius 1 is 1.47 bits per heavy atom. The van der Waals surface area contributed by atoms with E-state index in [1.54, 1.807) is 0 Å². The molecule has 1 aliphatic heterocycles. The van der Waals surface area contributed by atoms with Gasteiger partial charge in [0.05, 0.1) is 5.02 Å². The van der Waals surface area contributed by atoms with Crippen molar-refractivity contribution >= 4 is 34.5 Å². The largest absolute Gasteiger partial charge is 0.389 e. The normalized spacial score (nSPS) is 19.8. The number of thiocarbonyl (C=S) groups is 1. The molecule has 2 N–H and O–H groups in total. The molecule has 2 rings (SSSR count). The van der Waals surface area contributed by atoms with Gasteiger partial charge in [0.1, 0.15) is 4.99 Å². The smallest absolute Gasteiger partial charge is 0.105 e. The van der Waals surface area contributed by atoms with Gasteiger partial charge in [-0.2, -0.15) is 0 Å². The summed E-state index contributed by atoms with van der Waals surface area (Å²) < 4.78 is 0. The Kier molecular flexibility index (Phi) is 4.66. The van der Waals surface area contributed by atoms with Crippen molar-refractivity contribution in [3.05, 3.63) is 28.8 Å². The average molecular weight is 298 g/mol. The highest BCUT2D eigenvalue weighted by molar-refractivity contribution is 7.80. The first-order valence-electron chi connectivity index (χ1n) is 6.50. The first-order chi connectivity index (χ1) is 8.99. The summed E-state index contributed by atoms with van der Waals surface area (Å²) >= 11 is 11.2. The fraction of sp³-hybridized carbons (Fsp3) is 0.500. The van der Waals surface area contributed by atoms with Gasteiger partial charge in [-0.15, -0.1) is 0 Å². The molecule has 5 heteroatoms. The van der Waals surface area contributed by atoms with Gasteiger partial charge in [-0.3, -0.25) is 0 Å². The molecule has 1 heterocycles. The van der Waals surface area contributed by atoms with E-state index in [4.69, 9.17) is 29.6 Å². The van der Waals surface area contributed by atoms with Crippen LogP contribution in [0.15, 0.2) is 18.2 Å². The number of hydrogen-bond donors (Lipinski definition) is 1. The Morgan fingerprint density at radius 3 is 2.79 bits per heavy atom. The van der Waals surface area contributed by atoms with Gasteiger partial charge in [-0.1, -0.05) is 23.8 Å². The minimum atomic E-state index is 0.348. The van der Waals surface area contributed by atoms with Crippen LogP contribution in [0.1, 0.15) is 18.4 Å². The Morgan fingerprint density at radius 2 is 2.21 bits per heavy atom. The van der Waals surface area contributed by atoms with Crippen molar-refractivity contribution in [1.29, 1.82) is 0 Å².